The zero-order valence-electron chi connectivity index (χ0n) is 10.0. The van der Waals surface area contributed by atoms with Crippen molar-refractivity contribution in [1.82, 2.24) is 5.43 Å². The molecule has 0 radical (unpaired) electrons. The van der Waals surface area contributed by atoms with Gasteiger partial charge in [0.05, 0.1) is 5.69 Å². The summed E-state index contributed by atoms with van der Waals surface area (Å²) < 4.78 is 5.44. The van der Waals surface area contributed by atoms with E-state index in [1.165, 1.54) is 0 Å². The van der Waals surface area contributed by atoms with Crippen molar-refractivity contribution in [3.8, 4) is 0 Å². The van der Waals surface area contributed by atoms with E-state index in [4.69, 9.17) is 10.6 Å². The smallest absolute Gasteiger partial charge is 0.148 e. The lowest BCUT2D eigenvalue weighted by Gasteiger charge is -2.27. The third-order valence-electron chi connectivity index (χ3n) is 2.76. The fraction of sp³-hybridized carbons (Fsp3) is 0.417. The molecule has 3 N–H and O–H groups in total. The van der Waals surface area contributed by atoms with Gasteiger partial charge in [-0.15, -0.1) is 0 Å². The van der Waals surface area contributed by atoms with E-state index in [0.29, 0.717) is 5.84 Å². The quantitative estimate of drug-likeness (QED) is 0.354. The lowest BCUT2D eigenvalue weighted by atomic mass is 10.0. The Kier molecular flexibility index (Phi) is 4.46. The predicted octanol–water partition coefficient (Wildman–Crippen LogP) is 1.99. The lowest BCUT2D eigenvalue weighted by Crippen LogP contribution is -2.48. The van der Waals surface area contributed by atoms with Crippen LogP contribution in [0.15, 0.2) is 35.3 Å². The van der Waals surface area contributed by atoms with Crippen LogP contribution in [0.3, 0.4) is 0 Å². The Morgan fingerprint density at radius 3 is 2.50 bits per heavy atom. The standard InChI is InChI=1S/C12H19N3O/c1-4-12(2,16-3)11(15-13)14-10-8-6-5-7-9-10/h5-9H,4,13H2,1-3H3,(H,14,15). The molecule has 88 valence electrons. The van der Waals surface area contributed by atoms with Gasteiger partial charge in [-0.3, -0.25) is 0 Å². The third kappa shape index (κ3) is 2.81. The second-order valence-corrected chi connectivity index (χ2v) is 3.73. The normalized spacial score (nSPS) is 15.6. The van der Waals surface area contributed by atoms with Crippen molar-refractivity contribution in [2.24, 2.45) is 10.8 Å². The van der Waals surface area contributed by atoms with Gasteiger partial charge in [-0.05, 0) is 25.5 Å². The van der Waals surface area contributed by atoms with E-state index in [2.05, 4.69) is 10.4 Å². The minimum atomic E-state index is -0.482. The number of benzene rings is 1. The van der Waals surface area contributed by atoms with Crippen LogP contribution in [-0.4, -0.2) is 18.5 Å². The van der Waals surface area contributed by atoms with Gasteiger partial charge >= 0.3 is 0 Å². The van der Waals surface area contributed by atoms with E-state index in [-0.39, 0.29) is 0 Å². The van der Waals surface area contributed by atoms with Crippen molar-refractivity contribution in [2.45, 2.75) is 25.9 Å². The molecule has 1 atom stereocenters. The molecule has 0 fully saturated rings. The average Bonchev–Trinajstić information content (AvgIpc) is 2.36. The van der Waals surface area contributed by atoms with Crippen LogP contribution in [0.2, 0.25) is 0 Å². The zero-order chi connectivity index (χ0) is 12.0. The second kappa shape index (κ2) is 5.63. The van der Waals surface area contributed by atoms with Crippen LogP contribution in [0.1, 0.15) is 20.3 Å². The number of nitrogens with two attached hydrogens (primary N) is 1. The molecule has 0 bridgehead atoms. The molecule has 1 unspecified atom stereocenters. The molecule has 0 spiro atoms. The first-order valence-electron chi connectivity index (χ1n) is 5.32. The van der Waals surface area contributed by atoms with Crippen LogP contribution >= 0.6 is 0 Å². The molecule has 1 aromatic rings. The molecule has 0 aromatic heterocycles. The Bertz CT molecular complexity index is 345. The Hall–Kier alpha value is -1.39. The number of nitrogens with one attached hydrogen (secondary N) is 1. The van der Waals surface area contributed by atoms with Crippen molar-refractivity contribution in [3.05, 3.63) is 30.3 Å². The topological polar surface area (TPSA) is 59.6 Å². The van der Waals surface area contributed by atoms with Gasteiger partial charge in [0, 0.05) is 7.11 Å². The van der Waals surface area contributed by atoms with Crippen molar-refractivity contribution in [2.75, 3.05) is 7.11 Å². The highest BCUT2D eigenvalue weighted by molar-refractivity contribution is 5.91. The summed E-state index contributed by atoms with van der Waals surface area (Å²) in [5, 5.41) is 0. The molecule has 4 nitrogen and oxygen atoms in total. The minimum Gasteiger partial charge on any atom is -0.371 e. The fourth-order valence-corrected chi connectivity index (χ4v) is 1.34. The number of para-hydroxylation sites is 1. The second-order valence-electron chi connectivity index (χ2n) is 3.73. The molecular weight excluding hydrogens is 202 g/mol. The van der Waals surface area contributed by atoms with Crippen LogP contribution in [-0.2, 0) is 4.74 Å². The van der Waals surface area contributed by atoms with Crippen LogP contribution < -0.4 is 11.3 Å². The molecule has 4 heteroatoms. The summed E-state index contributed by atoms with van der Waals surface area (Å²) >= 11 is 0. The number of ether oxygens (including phenoxy) is 1. The van der Waals surface area contributed by atoms with E-state index in [1.54, 1.807) is 7.11 Å². The number of hydrogen-bond donors (Lipinski definition) is 2. The number of rotatable bonds is 4. The predicted molar refractivity (Wildman–Crippen MR) is 66.6 cm³/mol. The summed E-state index contributed by atoms with van der Waals surface area (Å²) in [7, 11) is 1.65. The first kappa shape index (κ1) is 12.7. The maximum absolute atomic E-state index is 5.50. The molecule has 0 saturated carbocycles. The van der Waals surface area contributed by atoms with E-state index < -0.39 is 5.60 Å². The Morgan fingerprint density at radius 2 is 2.06 bits per heavy atom. The highest BCUT2D eigenvalue weighted by Gasteiger charge is 2.28. The summed E-state index contributed by atoms with van der Waals surface area (Å²) in [6.45, 7) is 3.98. The SMILES string of the molecule is CCC(C)(OC)C(=Nc1ccccc1)NN. The Labute approximate surface area is 96.5 Å². The highest BCUT2D eigenvalue weighted by Crippen LogP contribution is 2.19. The van der Waals surface area contributed by atoms with Gasteiger partial charge in [-0.25, -0.2) is 10.8 Å². The number of methoxy groups -OCH3 is 1. The van der Waals surface area contributed by atoms with Gasteiger partial charge in [0.25, 0.3) is 0 Å². The Balaban J connectivity index is 3.02. The van der Waals surface area contributed by atoms with Crippen molar-refractivity contribution in [1.29, 1.82) is 0 Å². The van der Waals surface area contributed by atoms with Crippen molar-refractivity contribution >= 4 is 11.5 Å². The fourth-order valence-electron chi connectivity index (χ4n) is 1.34. The zero-order valence-corrected chi connectivity index (χ0v) is 10.0. The minimum absolute atomic E-state index is 0.482. The first-order valence-corrected chi connectivity index (χ1v) is 5.32. The van der Waals surface area contributed by atoms with Crippen molar-refractivity contribution < 1.29 is 4.74 Å². The number of hydrazine groups is 1. The van der Waals surface area contributed by atoms with Gasteiger partial charge in [-0.2, -0.15) is 0 Å². The van der Waals surface area contributed by atoms with Crippen LogP contribution in [0.25, 0.3) is 0 Å². The van der Waals surface area contributed by atoms with Crippen LogP contribution in [0.4, 0.5) is 5.69 Å². The lowest BCUT2D eigenvalue weighted by molar-refractivity contribution is 0.0601. The third-order valence-corrected chi connectivity index (χ3v) is 2.76. The largest absolute Gasteiger partial charge is 0.371 e. The molecule has 16 heavy (non-hydrogen) atoms. The van der Waals surface area contributed by atoms with Gasteiger partial charge in [0.1, 0.15) is 11.4 Å². The summed E-state index contributed by atoms with van der Waals surface area (Å²) in [4.78, 5) is 4.45. The number of amidine groups is 1. The van der Waals surface area contributed by atoms with Crippen LogP contribution in [0.5, 0.6) is 0 Å². The summed E-state index contributed by atoms with van der Waals surface area (Å²) in [6, 6.07) is 9.65. The van der Waals surface area contributed by atoms with Gasteiger partial charge in [-0.1, -0.05) is 25.1 Å². The summed E-state index contributed by atoms with van der Waals surface area (Å²) in [5.41, 5.74) is 2.99. The van der Waals surface area contributed by atoms with Gasteiger partial charge in [0.15, 0.2) is 0 Å². The molecule has 0 saturated heterocycles. The van der Waals surface area contributed by atoms with E-state index in [0.717, 1.165) is 12.1 Å². The highest BCUT2D eigenvalue weighted by atomic mass is 16.5. The summed E-state index contributed by atoms with van der Waals surface area (Å²) in [5.74, 6) is 6.13. The van der Waals surface area contributed by atoms with Gasteiger partial charge in [0.2, 0.25) is 0 Å². The van der Waals surface area contributed by atoms with E-state index >= 15 is 0 Å². The first-order chi connectivity index (χ1) is 7.66. The average molecular weight is 221 g/mol. The number of aliphatic imine (C=N–C) groups is 1. The van der Waals surface area contributed by atoms with Gasteiger partial charge < -0.3 is 10.2 Å². The van der Waals surface area contributed by atoms with E-state index in [1.807, 2.05) is 44.2 Å². The summed E-state index contributed by atoms with van der Waals surface area (Å²) in [6.07, 6.45) is 0.791. The monoisotopic (exact) mass is 221 g/mol. The molecule has 0 amide bonds. The Morgan fingerprint density at radius 1 is 1.44 bits per heavy atom. The van der Waals surface area contributed by atoms with Crippen molar-refractivity contribution in [3.63, 3.8) is 0 Å². The molecule has 0 aliphatic rings. The molecule has 1 rings (SSSR count). The maximum atomic E-state index is 5.50. The number of hydrogen-bond acceptors (Lipinski definition) is 3. The van der Waals surface area contributed by atoms with E-state index in [9.17, 15) is 0 Å². The van der Waals surface area contributed by atoms with Crippen LogP contribution in [0, 0.1) is 0 Å². The molecule has 0 heterocycles. The molecule has 1 aromatic carbocycles. The molecule has 0 aliphatic heterocycles. The maximum Gasteiger partial charge on any atom is 0.148 e. The molecule has 0 aliphatic carbocycles. The molecular formula is C12H19N3O. The number of nitrogens with zero attached hydrogens (tertiary/aromatic N) is 1.